The van der Waals surface area contributed by atoms with Crippen LogP contribution in [0.15, 0.2) is 29.1 Å². The summed E-state index contributed by atoms with van der Waals surface area (Å²) in [6.07, 6.45) is 6.48. The standard InChI is InChI=1S/C23H32N2O3/c1-4-6-13-24(5-2)22(26)16-25-21-15-19(28-3)12-11-18(21)14-20(23(25)27)17-9-7-8-10-17/h11-12,14-15,17H,4-10,13,16H2,1-3H3. The molecule has 1 aliphatic carbocycles. The van der Waals surface area contributed by atoms with Crippen LogP contribution in [0.25, 0.3) is 10.9 Å². The van der Waals surface area contributed by atoms with Crippen molar-refractivity contribution in [2.24, 2.45) is 0 Å². The second-order valence-corrected chi connectivity index (χ2v) is 7.72. The monoisotopic (exact) mass is 384 g/mol. The van der Waals surface area contributed by atoms with Crippen LogP contribution < -0.4 is 10.3 Å². The molecule has 1 amide bonds. The summed E-state index contributed by atoms with van der Waals surface area (Å²) in [5.41, 5.74) is 1.61. The lowest BCUT2D eigenvalue weighted by Crippen LogP contribution is -2.38. The number of hydrogen-bond donors (Lipinski definition) is 0. The number of ether oxygens (including phenoxy) is 1. The van der Waals surface area contributed by atoms with Crippen molar-refractivity contribution in [2.75, 3.05) is 20.2 Å². The molecule has 5 nitrogen and oxygen atoms in total. The van der Waals surface area contributed by atoms with Gasteiger partial charge in [0.05, 0.1) is 12.6 Å². The van der Waals surface area contributed by atoms with Crippen molar-refractivity contribution in [3.8, 4) is 5.75 Å². The lowest BCUT2D eigenvalue weighted by Gasteiger charge is -2.22. The Bertz CT molecular complexity index is 881. The number of carbonyl (C=O) groups excluding carboxylic acids is 1. The molecule has 1 aromatic heterocycles. The molecule has 0 unspecified atom stereocenters. The molecule has 0 radical (unpaired) electrons. The lowest BCUT2D eigenvalue weighted by molar-refractivity contribution is -0.131. The molecule has 1 aromatic carbocycles. The minimum Gasteiger partial charge on any atom is -0.497 e. The molecule has 1 saturated carbocycles. The lowest BCUT2D eigenvalue weighted by atomic mass is 9.97. The Labute approximate surface area is 167 Å². The Kier molecular flexibility index (Phi) is 6.76. The third-order valence-electron chi connectivity index (χ3n) is 5.94. The Morgan fingerprint density at radius 2 is 1.96 bits per heavy atom. The molecular weight excluding hydrogens is 352 g/mol. The Morgan fingerprint density at radius 1 is 1.21 bits per heavy atom. The van der Waals surface area contributed by atoms with Gasteiger partial charge in [-0.2, -0.15) is 0 Å². The van der Waals surface area contributed by atoms with Gasteiger partial charge in [0, 0.05) is 24.7 Å². The fourth-order valence-electron chi connectivity index (χ4n) is 4.23. The largest absolute Gasteiger partial charge is 0.497 e. The molecular formula is C23H32N2O3. The second-order valence-electron chi connectivity index (χ2n) is 7.72. The third-order valence-corrected chi connectivity index (χ3v) is 5.94. The van der Waals surface area contributed by atoms with Crippen LogP contribution in [0.1, 0.15) is 63.9 Å². The zero-order valence-corrected chi connectivity index (χ0v) is 17.4. The number of hydrogen-bond acceptors (Lipinski definition) is 3. The van der Waals surface area contributed by atoms with Crippen molar-refractivity contribution in [1.29, 1.82) is 0 Å². The van der Waals surface area contributed by atoms with E-state index in [1.807, 2.05) is 36.1 Å². The summed E-state index contributed by atoms with van der Waals surface area (Å²) in [7, 11) is 1.62. The number of nitrogens with zero attached hydrogens (tertiary/aromatic N) is 2. The van der Waals surface area contributed by atoms with E-state index in [2.05, 4.69) is 6.92 Å². The predicted octanol–water partition coefficient (Wildman–Crippen LogP) is 4.32. The van der Waals surface area contributed by atoms with Crippen molar-refractivity contribution in [2.45, 2.75) is 64.8 Å². The van der Waals surface area contributed by atoms with Gasteiger partial charge < -0.3 is 9.64 Å². The maximum Gasteiger partial charge on any atom is 0.255 e. The molecule has 1 fully saturated rings. The molecule has 5 heteroatoms. The first-order chi connectivity index (χ1) is 13.6. The number of unbranched alkanes of at least 4 members (excludes halogenated alkanes) is 1. The highest BCUT2D eigenvalue weighted by atomic mass is 16.5. The smallest absolute Gasteiger partial charge is 0.255 e. The minimum absolute atomic E-state index is 0.00532. The fraction of sp³-hybridized carbons (Fsp3) is 0.565. The highest BCUT2D eigenvalue weighted by Crippen LogP contribution is 2.34. The Hall–Kier alpha value is -2.30. The predicted molar refractivity (Wildman–Crippen MR) is 113 cm³/mol. The van der Waals surface area contributed by atoms with Crippen LogP contribution in [-0.2, 0) is 11.3 Å². The number of likely N-dealkylation sites (N-methyl/N-ethyl adjacent to an activating group) is 1. The number of aromatic nitrogens is 1. The van der Waals surface area contributed by atoms with Gasteiger partial charge in [-0.1, -0.05) is 26.2 Å². The van der Waals surface area contributed by atoms with E-state index >= 15 is 0 Å². The average Bonchev–Trinajstić information content (AvgIpc) is 3.24. The van der Waals surface area contributed by atoms with E-state index in [9.17, 15) is 9.59 Å². The van der Waals surface area contributed by atoms with E-state index in [4.69, 9.17) is 4.74 Å². The van der Waals surface area contributed by atoms with Gasteiger partial charge >= 0.3 is 0 Å². The van der Waals surface area contributed by atoms with E-state index in [1.165, 1.54) is 12.8 Å². The summed E-state index contributed by atoms with van der Waals surface area (Å²) in [5.74, 6) is 1.01. The number of rotatable bonds is 8. The van der Waals surface area contributed by atoms with E-state index in [-0.39, 0.29) is 18.0 Å². The van der Waals surface area contributed by atoms with Gasteiger partial charge in [0.1, 0.15) is 12.3 Å². The normalized spacial score (nSPS) is 14.5. The molecule has 28 heavy (non-hydrogen) atoms. The summed E-state index contributed by atoms with van der Waals surface area (Å²) < 4.78 is 7.03. The summed E-state index contributed by atoms with van der Waals surface area (Å²) in [6.45, 7) is 5.60. The first-order valence-electron chi connectivity index (χ1n) is 10.6. The molecule has 1 heterocycles. The van der Waals surface area contributed by atoms with Gasteiger partial charge in [-0.25, -0.2) is 0 Å². The van der Waals surface area contributed by atoms with Crippen LogP contribution in [0.2, 0.25) is 0 Å². The van der Waals surface area contributed by atoms with Crippen molar-refractivity contribution in [3.05, 3.63) is 40.2 Å². The molecule has 0 spiro atoms. The summed E-state index contributed by atoms with van der Waals surface area (Å²) in [4.78, 5) is 28.2. The summed E-state index contributed by atoms with van der Waals surface area (Å²) in [5, 5.41) is 0.992. The molecule has 0 atom stereocenters. The van der Waals surface area contributed by atoms with E-state index in [1.54, 1.807) is 11.7 Å². The van der Waals surface area contributed by atoms with Crippen LogP contribution in [0, 0.1) is 0 Å². The van der Waals surface area contributed by atoms with Crippen molar-refractivity contribution in [1.82, 2.24) is 9.47 Å². The zero-order chi connectivity index (χ0) is 20.1. The second kappa shape index (κ2) is 9.26. The minimum atomic E-state index is -0.0208. The van der Waals surface area contributed by atoms with Crippen LogP contribution >= 0.6 is 0 Å². The molecule has 0 aliphatic heterocycles. The van der Waals surface area contributed by atoms with Gasteiger partial charge in [-0.15, -0.1) is 0 Å². The zero-order valence-electron chi connectivity index (χ0n) is 17.4. The molecule has 0 bridgehead atoms. The number of carbonyl (C=O) groups is 1. The topological polar surface area (TPSA) is 51.5 Å². The average molecular weight is 385 g/mol. The molecule has 0 N–H and O–H groups in total. The number of benzene rings is 1. The van der Waals surface area contributed by atoms with Crippen LogP contribution in [0.3, 0.4) is 0 Å². The first-order valence-corrected chi connectivity index (χ1v) is 10.6. The SMILES string of the molecule is CCCCN(CC)C(=O)Cn1c(=O)c(C2CCCC2)cc2ccc(OC)cc21. The number of methoxy groups -OCH3 is 1. The summed E-state index contributed by atoms with van der Waals surface area (Å²) >= 11 is 0. The molecule has 0 saturated heterocycles. The van der Waals surface area contributed by atoms with Gasteiger partial charge in [0.2, 0.25) is 5.91 Å². The Balaban J connectivity index is 2.05. The molecule has 1 aliphatic rings. The fourth-order valence-corrected chi connectivity index (χ4v) is 4.23. The highest BCUT2D eigenvalue weighted by molar-refractivity contribution is 5.84. The van der Waals surface area contributed by atoms with Crippen molar-refractivity contribution < 1.29 is 9.53 Å². The van der Waals surface area contributed by atoms with E-state index < -0.39 is 0 Å². The van der Waals surface area contributed by atoms with Gasteiger partial charge in [-0.3, -0.25) is 14.2 Å². The van der Waals surface area contributed by atoms with Crippen molar-refractivity contribution in [3.63, 3.8) is 0 Å². The Morgan fingerprint density at radius 3 is 2.61 bits per heavy atom. The third kappa shape index (κ3) is 4.23. The molecule has 152 valence electrons. The maximum absolute atomic E-state index is 13.4. The van der Waals surface area contributed by atoms with Gasteiger partial charge in [0.25, 0.3) is 5.56 Å². The first kappa shape index (κ1) is 20.4. The van der Waals surface area contributed by atoms with E-state index in [0.29, 0.717) is 18.2 Å². The number of fused-ring (bicyclic) bond motifs is 1. The molecule has 3 rings (SSSR count). The van der Waals surface area contributed by atoms with Crippen LogP contribution in [0.4, 0.5) is 0 Å². The molecule has 2 aromatic rings. The highest BCUT2D eigenvalue weighted by Gasteiger charge is 2.23. The quantitative estimate of drug-likeness (QED) is 0.681. The maximum atomic E-state index is 13.4. The van der Waals surface area contributed by atoms with Crippen molar-refractivity contribution >= 4 is 16.8 Å². The van der Waals surface area contributed by atoms with Gasteiger partial charge in [0.15, 0.2) is 0 Å². The van der Waals surface area contributed by atoms with Crippen LogP contribution in [0.5, 0.6) is 5.75 Å². The number of amides is 1. The van der Waals surface area contributed by atoms with Gasteiger partial charge in [-0.05, 0) is 55.7 Å². The summed E-state index contributed by atoms with van der Waals surface area (Å²) in [6, 6.07) is 7.80. The number of pyridine rings is 1. The van der Waals surface area contributed by atoms with Crippen LogP contribution in [-0.4, -0.2) is 35.6 Å². The van der Waals surface area contributed by atoms with E-state index in [0.717, 1.165) is 48.7 Å².